The molecule has 0 spiro atoms. The van der Waals surface area contributed by atoms with Crippen molar-refractivity contribution in [2.45, 2.75) is 51.0 Å². The van der Waals surface area contributed by atoms with Crippen LogP contribution in [0.25, 0.3) is 0 Å². The zero-order valence-electron chi connectivity index (χ0n) is 17.1. The van der Waals surface area contributed by atoms with Gasteiger partial charge in [0.05, 0.1) is 20.1 Å². The summed E-state index contributed by atoms with van der Waals surface area (Å²) in [5.74, 6) is -0.0869. The van der Waals surface area contributed by atoms with Gasteiger partial charge in [-0.3, -0.25) is 14.9 Å². The van der Waals surface area contributed by atoms with Gasteiger partial charge in [0, 0.05) is 18.3 Å². The number of Topliss-reactive ketones (excluding diaryl/α,β-unsaturated/α-hetero) is 2. The number of esters is 1. The number of unbranched alkanes of at least 4 members (excludes halogenated alkanes) is 2. The number of carbonyl (C=O) groups excluding carboxylic acids is 4. The summed E-state index contributed by atoms with van der Waals surface area (Å²) in [6, 6.07) is 0. The Kier molecular flexibility index (Phi) is 7.43. The molecule has 162 valence electrons. The Labute approximate surface area is 175 Å². The van der Waals surface area contributed by atoms with Gasteiger partial charge in [-0.25, -0.2) is 9.59 Å². The molecule has 1 fully saturated rings. The van der Waals surface area contributed by atoms with Crippen LogP contribution in [0.2, 0.25) is 0 Å². The van der Waals surface area contributed by atoms with Gasteiger partial charge in [0.2, 0.25) is 0 Å². The highest BCUT2D eigenvalue weighted by Crippen LogP contribution is 2.27. The molecule has 2 aliphatic carbocycles. The van der Waals surface area contributed by atoms with Crippen molar-refractivity contribution in [3.8, 4) is 0 Å². The Hall–Kier alpha value is -2.90. The Bertz CT molecular complexity index is 795. The number of rotatable bonds is 8. The lowest BCUT2D eigenvalue weighted by atomic mass is 9.84. The van der Waals surface area contributed by atoms with Crippen molar-refractivity contribution in [2.24, 2.45) is 11.8 Å². The fraction of sp³-hybridized carbons (Fsp3) is 0.545. The van der Waals surface area contributed by atoms with E-state index in [1.807, 2.05) is 6.08 Å². The van der Waals surface area contributed by atoms with E-state index in [1.165, 1.54) is 7.11 Å². The average Bonchev–Trinajstić information content (AvgIpc) is 2.72. The first kappa shape index (κ1) is 21.8. The number of hydrogen-bond donors (Lipinski definition) is 1. The molecule has 3 unspecified atom stereocenters. The van der Waals surface area contributed by atoms with Gasteiger partial charge in [-0.05, 0) is 37.5 Å². The van der Waals surface area contributed by atoms with Gasteiger partial charge in [-0.1, -0.05) is 18.9 Å². The summed E-state index contributed by atoms with van der Waals surface area (Å²) < 4.78 is 15.6. The van der Waals surface area contributed by atoms with E-state index in [9.17, 15) is 19.2 Å². The highest BCUT2D eigenvalue weighted by Gasteiger charge is 2.32. The summed E-state index contributed by atoms with van der Waals surface area (Å²) in [5, 5.41) is 2.44. The molecular formula is C22H27NO7. The van der Waals surface area contributed by atoms with E-state index in [1.54, 1.807) is 18.2 Å². The maximum Gasteiger partial charge on any atom is 0.411 e. The fourth-order valence-corrected chi connectivity index (χ4v) is 3.79. The Morgan fingerprint density at radius 3 is 2.80 bits per heavy atom. The molecule has 0 aromatic carbocycles. The van der Waals surface area contributed by atoms with Crippen LogP contribution in [-0.4, -0.2) is 43.4 Å². The number of nitrogens with one attached hydrogen (secondary N) is 1. The normalized spacial score (nSPS) is 25.6. The number of ketones is 2. The summed E-state index contributed by atoms with van der Waals surface area (Å²) in [4.78, 5) is 47.1. The van der Waals surface area contributed by atoms with Crippen LogP contribution in [0.1, 0.15) is 44.9 Å². The molecule has 3 rings (SSSR count). The van der Waals surface area contributed by atoms with Crippen LogP contribution >= 0.6 is 0 Å². The second kappa shape index (κ2) is 10.2. The van der Waals surface area contributed by atoms with Crippen molar-refractivity contribution in [3.05, 3.63) is 35.8 Å². The van der Waals surface area contributed by atoms with E-state index in [-0.39, 0.29) is 42.1 Å². The van der Waals surface area contributed by atoms with E-state index < -0.39 is 18.2 Å². The van der Waals surface area contributed by atoms with Crippen LogP contribution in [0.5, 0.6) is 0 Å². The average molecular weight is 417 g/mol. The summed E-state index contributed by atoms with van der Waals surface area (Å²) in [5.41, 5.74) is 0.0607. The molecule has 0 aromatic rings. The molecule has 8 nitrogen and oxygen atoms in total. The molecule has 1 N–H and O–H groups in total. The minimum atomic E-state index is -0.703. The van der Waals surface area contributed by atoms with Crippen LogP contribution in [0, 0.1) is 11.8 Å². The molecule has 1 heterocycles. The Morgan fingerprint density at radius 2 is 2.03 bits per heavy atom. The predicted octanol–water partition coefficient (Wildman–Crippen LogP) is 2.74. The molecule has 0 aromatic heterocycles. The molecule has 1 aliphatic heterocycles. The molecular weight excluding hydrogens is 390 g/mol. The lowest BCUT2D eigenvalue weighted by Crippen LogP contribution is -2.37. The van der Waals surface area contributed by atoms with Gasteiger partial charge >= 0.3 is 12.1 Å². The van der Waals surface area contributed by atoms with Crippen LogP contribution in [0.15, 0.2) is 35.8 Å². The largest absolute Gasteiger partial charge is 0.497 e. The number of hydrogen-bond acceptors (Lipinski definition) is 7. The van der Waals surface area contributed by atoms with Gasteiger partial charge in [-0.2, -0.15) is 0 Å². The first-order valence-corrected chi connectivity index (χ1v) is 10.3. The van der Waals surface area contributed by atoms with E-state index in [0.717, 1.165) is 19.3 Å². The molecule has 0 radical (unpaired) electrons. The summed E-state index contributed by atoms with van der Waals surface area (Å²) in [6.45, 7) is 0.219. The molecule has 8 heteroatoms. The molecule has 0 saturated heterocycles. The molecule has 30 heavy (non-hydrogen) atoms. The molecule has 1 saturated carbocycles. The maximum atomic E-state index is 12.1. The number of alkyl carbamates (subject to hydrolysis) is 1. The molecule has 3 aliphatic rings. The summed E-state index contributed by atoms with van der Waals surface area (Å²) in [7, 11) is 1.54. The first-order chi connectivity index (χ1) is 14.5. The SMILES string of the molecule is COC1=CC2OC(=O)C(NC(=O)OCCCCCC3CCC(=O)CC3=O)=CC2C=C1. The van der Waals surface area contributed by atoms with Gasteiger partial charge in [-0.15, -0.1) is 0 Å². The Balaban J connectivity index is 1.33. The van der Waals surface area contributed by atoms with Crippen molar-refractivity contribution in [1.29, 1.82) is 0 Å². The van der Waals surface area contributed by atoms with Gasteiger partial charge in [0.15, 0.2) is 0 Å². The topological polar surface area (TPSA) is 108 Å². The first-order valence-electron chi connectivity index (χ1n) is 10.3. The quantitative estimate of drug-likeness (QED) is 0.367. The zero-order valence-corrected chi connectivity index (χ0v) is 17.1. The third kappa shape index (κ3) is 5.81. The lowest BCUT2D eigenvalue weighted by molar-refractivity contribution is -0.145. The fourth-order valence-electron chi connectivity index (χ4n) is 3.79. The van der Waals surface area contributed by atoms with Crippen molar-refractivity contribution in [2.75, 3.05) is 13.7 Å². The smallest absolute Gasteiger partial charge is 0.411 e. The van der Waals surface area contributed by atoms with Crippen molar-refractivity contribution in [3.63, 3.8) is 0 Å². The number of methoxy groups -OCH3 is 1. The van der Waals surface area contributed by atoms with E-state index in [2.05, 4.69) is 5.32 Å². The molecule has 3 atom stereocenters. The van der Waals surface area contributed by atoms with Crippen molar-refractivity contribution >= 4 is 23.6 Å². The minimum absolute atomic E-state index is 0.0105. The van der Waals surface area contributed by atoms with Gasteiger partial charge in [0.1, 0.15) is 29.1 Å². The molecule has 1 amide bonds. The second-order valence-electron chi connectivity index (χ2n) is 7.69. The third-order valence-corrected chi connectivity index (χ3v) is 5.51. The number of carbonyl (C=O) groups is 4. The monoisotopic (exact) mass is 417 g/mol. The summed E-state index contributed by atoms with van der Waals surface area (Å²) >= 11 is 0. The van der Waals surface area contributed by atoms with Crippen LogP contribution in [0.4, 0.5) is 4.79 Å². The van der Waals surface area contributed by atoms with Crippen LogP contribution in [-0.2, 0) is 28.6 Å². The van der Waals surface area contributed by atoms with Crippen LogP contribution in [0.3, 0.4) is 0 Å². The van der Waals surface area contributed by atoms with Gasteiger partial charge < -0.3 is 14.2 Å². The number of allylic oxidation sites excluding steroid dienone is 1. The minimum Gasteiger partial charge on any atom is -0.497 e. The third-order valence-electron chi connectivity index (χ3n) is 5.51. The number of fused-ring (bicyclic) bond motifs is 1. The van der Waals surface area contributed by atoms with Crippen molar-refractivity contribution < 1.29 is 33.4 Å². The maximum absolute atomic E-state index is 12.1. The van der Waals surface area contributed by atoms with Crippen LogP contribution < -0.4 is 5.32 Å². The second-order valence-corrected chi connectivity index (χ2v) is 7.69. The highest BCUT2D eigenvalue weighted by atomic mass is 16.6. The molecule has 0 bridgehead atoms. The van der Waals surface area contributed by atoms with E-state index in [0.29, 0.717) is 25.0 Å². The number of ether oxygens (including phenoxy) is 3. The summed E-state index contributed by atoms with van der Waals surface area (Å²) in [6.07, 6.45) is 10.2. The number of amides is 1. The van der Waals surface area contributed by atoms with E-state index >= 15 is 0 Å². The zero-order chi connectivity index (χ0) is 21.5. The van der Waals surface area contributed by atoms with Gasteiger partial charge in [0.25, 0.3) is 0 Å². The van der Waals surface area contributed by atoms with Crippen molar-refractivity contribution in [1.82, 2.24) is 5.32 Å². The predicted molar refractivity (Wildman–Crippen MR) is 106 cm³/mol. The standard InChI is InChI=1S/C22H27NO7/c1-28-17-9-7-15-11-18(21(26)30-20(15)13-17)23-22(27)29-10-4-2-3-5-14-6-8-16(24)12-19(14)25/h7,9,11,13-15,20H,2-6,8,10,12H2,1H3,(H,23,27). The lowest BCUT2D eigenvalue weighted by Gasteiger charge is -2.28. The van der Waals surface area contributed by atoms with E-state index in [4.69, 9.17) is 14.2 Å². The highest BCUT2D eigenvalue weighted by molar-refractivity contribution is 6.02. The Morgan fingerprint density at radius 1 is 1.20 bits per heavy atom.